The normalized spacial score (nSPS) is 10.2. The molecule has 0 radical (unpaired) electrons. The number of hydrogen-bond donors (Lipinski definition) is 1. The SMILES string of the molecule is O=c1c(Cl)c(Cl)[nH]c(Cl)c1Cl. The summed E-state index contributed by atoms with van der Waals surface area (Å²) in [4.78, 5) is 13.4. The molecule has 6 heteroatoms. The highest BCUT2D eigenvalue weighted by Gasteiger charge is 2.10. The third-order valence-corrected chi connectivity index (χ3v) is 2.49. The zero-order chi connectivity index (χ0) is 8.59. The average Bonchev–Trinajstić information content (AvgIpc) is 1.97. The zero-order valence-electron chi connectivity index (χ0n) is 4.92. The number of rotatable bonds is 0. The van der Waals surface area contributed by atoms with Gasteiger partial charge in [0.1, 0.15) is 20.4 Å². The van der Waals surface area contributed by atoms with Crippen LogP contribution in [-0.4, -0.2) is 4.98 Å². The lowest BCUT2D eigenvalue weighted by Crippen LogP contribution is -2.04. The first-order valence-electron chi connectivity index (χ1n) is 2.46. The van der Waals surface area contributed by atoms with Crippen LogP contribution in [0.4, 0.5) is 0 Å². The maximum absolute atomic E-state index is 11.0. The molecule has 2 nitrogen and oxygen atoms in total. The summed E-state index contributed by atoms with van der Waals surface area (Å²) in [5.74, 6) is 0. The quantitative estimate of drug-likeness (QED) is 0.686. The van der Waals surface area contributed by atoms with E-state index in [9.17, 15) is 4.79 Å². The smallest absolute Gasteiger partial charge is 0.221 e. The van der Waals surface area contributed by atoms with Crippen molar-refractivity contribution in [3.8, 4) is 0 Å². The molecule has 1 rings (SSSR count). The molecule has 11 heavy (non-hydrogen) atoms. The van der Waals surface area contributed by atoms with Gasteiger partial charge in [-0.15, -0.1) is 0 Å². The lowest BCUT2D eigenvalue weighted by molar-refractivity contribution is 1.30. The van der Waals surface area contributed by atoms with E-state index in [1.807, 2.05) is 0 Å². The van der Waals surface area contributed by atoms with Crippen molar-refractivity contribution >= 4 is 46.4 Å². The summed E-state index contributed by atoms with van der Waals surface area (Å²) in [6, 6.07) is 0. The Morgan fingerprint density at radius 3 is 1.64 bits per heavy atom. The molecule has 0 aliphatic rings. The van der Waals surface area contributed by atoms with E-state index in [4.69, 9.17) is 46.4 Å². The second-order valence-corrected chi connectivity index (χ2v) is 3.22. The Hall–Kier alpha value is 0.110. The molecule has 1 aromatic rings. The Bertz CT molecular complexity index is 316. The molecule has 0 atom stereocenters. The van der Waals surface area contributed by atoms with Gasteiger partial charge in [-0.1, -0.05) is 46.4 Å². The van der Waals surface area contributed by atoms with Crippen LogP contribution in [0, 0.1) is 0 Å². The predicted octanol–water partition coefficient (Wildman–Crippen LogP) is 2.99. The minimum Gasteiger partial charge on any atom is -0.334 e. The summed E-state index contributed by atoms with van der Waals surface area (Å²) in [7, 11) is 0. The number of pyridine rings is 1. The first-order valence-corrected chi connectivity index (χ1v) is 3.97. The minimum absolute atomic E-state index is 0.00827. The molecule has 0 saturated heterocycles. The predicted molar refractivity (Wildman–Crippen MR) is 47.1 cm³/mol. The van der Waals surface area contributed by atoms with Crippen LogP contribution in [0.3, 0.4) is 0 Å². The highest BCUT2D eigenvalue weighted by Crippen LogP contribution is 2.22. The fourth-order valence-corrected chi connectivity index (χ4v) is 1.24. The summed E-state index contributed by atoms with van der Waals surface area (Å²) in [5, 5.41) is -0.320. The van der Waals surface area contributed by atoms with Gasteiger partial charge in [-0.25, -0.2) is 0 Å². The summed E-state index contributed by atoms with van der Waals surface area (Å²) in [6.07, 6.45) is 0. The maximum atomic E-state index is 11.0. The third-order valence-electron chi connectivity index (χ3n) is 1.00. The van der Waals surface area contributed by atoms with Crippen molar-refractivity contribution in [1.29, 1.82) is 0 Å². The highest BCUT2D eigenvalue weighted by atomic mass is 35.5. The third kappa shape index (κ3) is 1.64. The molecule has 0 aliphatic heterocycles. The lowest BCUT2D eigenvalue weighted by Gasteiger charge is -1.97. The molecule has 1 aromatic heterocycles. The van der Waals surface area contributed by atoms with Crippen LogP contribution >= 0.6 is 46.4 Å². The number of aromatic amines is 1. The molecular weight excluding hydrogens is 232 g/mol. The molecule has 0 saturated carbocycles. The molecule has 0 unspecified atom stereocenters. The van der Waals surface area contributed by atoms with E-state index in [0.717, 1.165) is 0 Å². The highest BCUT2D eigenvalue weighted by molar-refractivity contribution is 6.45. The Morgan fingerprint density at radius 1 is 0.909 bits per heavy atom. The van der Waals surface area contributed by atoms with E-state index in [2.05, 4.69) is 4.98 Å². The average molecular weight is 233 g/mol. The molecule has 0 aromatic carbocycles. The summed E-state index contributed by atoms with van der Waals surface area (Å²) in [6.45, 7) is 0. The monoisotopic (exact) mass is 231 g/mol. The molecule has 0 fully saturated rings. The van der Waals surface area contributed by atoms with Crippen molar-refractivity contribution in [2.45, 2.75) is 0 Å². The van der Waals surface area contributed by atoms with Crippen LogP contribution in [0.15, 0.2) is 4.79 Å². The Kier molecular flexibility index (Phi) is 2.70. The van der Waals surface area contributed by atoms with E-state index in [1.54, 1.807) is 0 Å². The zero-order valence-corrected chi connectivity index (χ0v) is 7.94. The number of H-pyrrole nitrogens is 1. The molecule has 60 valence electrons. The van der Waals surface area contributed by atoms with Gasteiger partial charge >= 0.3 is 0 Å². The van der Waals surface area contributed by atoms with Gasteiger partial charge in [-0.2, -0.15) is 0 Å². The number of halogens is 4. The molecule has 0 bridgehead atoms. The lowest BCUT2D eigenvalue weighted by atomic mass is 10.5. The number of hydrogen-bond acceptors (Lipinski definition) is 1. The van der Waals surface area contributed by atoms with Crippen molar-refractivity contribution in [3.05, 3.63) is 30.6 Å². The molecule has 1 N–H and O–H groups in total. The maximum Gasteiger partial charge on any atom is 0.221 e. The van der Waals surface area contributed by atoms with Crippen molar-refractivity contribution in [1.82, 2.24) is 4.98 Å². The van der Waals surface area contributed by atoms with Crippen LogP contribution in [0.1, 0.15) is 0 Å². The molecule has 1 heterocycles. The van der Waals surface area contributed by atoms with Gasteiger partial charge < -0.3 is 4.98 Å². The van der Waals surface area contributed by atoms with Gasteiger partial charge in [-0.05, 0) is 0 Å². The van der Waals surface area contributed by atoms with E-state index in [1.165, 1.54) is 0 Å². The van der Waals surface area contributed by atoms with Gasteiger partial charge in [0.05, 0.1) is 0 Å². The fourth-order valence-electron chi connectivity index (χ4n) is 0.502. The van der Waals surface area contributed by atoms with Crippen LogP contribution in [0.25, 0.3) is 0 Å². The van der Waals surface area contributed by atoms with Gasteiger partial charge in [-0.3, -0.25) is 4.79 Å². The van der Waals surface area contributed by atoms with E-state index >= 15 is 0 Å². The number of aromatic nitrogens is 1. The van der Waals surface area contributed by atoms with E-state index in [-0.39, 0.29) is 20.4 Å². The second-order valence-electron chi connectivity index (χ2n) is 1.71. The standard InChI is InChI=1S/C5HCl4NO/c6-1-3(11)2(7)5(9)10-4(1)8/h(H,10,11). The topological polar surface area (TPSA) is 32.9 Å². The molecule has 0 spiro atoms. The molecule has 0 amide bonds. The van der Waals surface area contributed by atoms with Gasteiger partial charge in [0.2, 0.25) is 5.43 Å². The summed E-state index contributed by atoms with van der Waals surface area (Å²) >= 11 is 21.8. The number of nitrogens with one attached hydrogen (secondary N) is 1. The molecule has 0 aliphatic carbocycles. The Labute approximate surface area is 82.0 Å². The van der Waals surface area contributed by atoms with Crippen molar-refractivity contribution in [2.75, 3.05) is 0 Å². The van der Waals surface area contributed by atoms with Crippen LogP contribution in [0.5, 0.6) is 0 Å². The minimum atomic E-state index is -0.568. The first-order chi connectivity index (χ1) is 5.04. The van der Waals surface area contributed by atoms with Crippen LogP contribution < -0.4 is 5.43 Å². The second kappa shape index (κ2) is 3.23. The van der Waals surface area contributed by atoms with Crippen molar-refractivity contribution in [2.24, 2.45) is 0 Å². The van der Waals surface area contributed by atoms with Gasteiger partial charge in [0.25, 0.3) is 0 Å². The van der Waals surface area contributed by atoms with Crippen LogP contribution in [-0.2, 0) is 0 Å². The van der Waals surface area contributed by atoms with Gasteiger partial charge in [0.15, 0.2) is 0 Å². The summed E-state index contributed by atoms with van der Waals surface area (Å²) < 4.78 is 0. The fraction of sp³-hybridized carbons (Fsp3) is 0. The van der Waals surface area contributed by atoms with Crippen LogP contribution in [0.2, 0.25) is 20.4 Å². The Morgan fingerprint density at radius 2 is 1.27 bits per heavy atom. The first kappa shape index (κ1) is 9.20. The summed E-state index contributed by atoms with van der Waals surface area (Å²) in [5.41, 5.74) is -0.568. The molecular formula is C5HCl4NO. The largest absolute Gasteiger partial charge is 0.334 e. The van der Waals surface area contributed by atoms with Crippen molar-refractivity contribution in [3.63, 3.8) is 0 Å². The van der Waals surface area contributed by atoms with Gasteiger partial charge in [0, 0.05) is 0 Å². The van der Waals surface area contributed by atoms with E-state index in [0.29, 0.717) is 0 Å². The van der Waals surface area contributed by atoms with E-state index < -0.39 is 5.43 Å². The van der Waals surface area contributed by atoms with Crippen molar-refractivity contribution < 1.29 is 0 Å². The Balaban J connectivity index is 3.59.